The van der Waals surface area contributed by atoms with E-state index in [0.29, 0.717) is 10.5 Å². The topological polar surface area (TPSA) is 32.3 Å². The number of benzene rings is 1. The van der Waals surface area contributed by atoms with Gasteiger partial charge in [-0.3, -0.25) is 0 Å². The maximum Gasteiger partial charge on any atom is 0.120 e. The zero-order valence-electron chi connectivity index (χ0n) is 10.6. The molecule has 1 heterocycles. The van der Waals surface area contributed by atoms with Crippen molar-refractivity contribution >= 4 is 11.8 Å². The van der Waals surface area contributed by atoms with E-state index in [1.807, 2.05) is 12.1 Å². The van der Waals surface area contributed by atoms with E-state index < -0.39 is 0 Å². The first-order valence-corrected chi connectivity index (χ1v) is 7.21. The standard InChI is InChI=1S/C14H21NOS/c1-11-4-5-13(16)12(8-11)9-15-10-14(2)6-3-7-17-14/h4-5,8,15-16H,3,6-7,9-10H2,1-2H3. The molecule has 2 N–H and O–H groups in total. The minimum Gasteiger partial charge on any atom is -0.508 e. The average molecular weight is 251 g/mol. The van der Waals surface area contributed by atoms with Crippen LogP contribution in [0.15, 0.2) is 18.2 Å². The van der Waals surface area contributed by atoms with Gasteiger partial charge in [-0.1, -0.05) is 17.7 Å². The highest BCUT2D eigenvalue weighted by atomic mass is 32.2. The maximum absolute atomic E-state index is 9.75. The van der Waals surface area contributed by atoms with Gasteiger partial charge in [-0.2, -0.15) is 11.8 Å². The number of hydrogen-bond acceptors (Lipinski definition) is 3. The highest BCUT2D eigenvalue weighted by Crippen LogP contribution is 2.37. The van der Waals surface area contributed by atoms with Crippen molar-refractivity contribution < 1.29 is 5.11 Å². The molecule has 94 valence electrons. The fraction of sp³-hybridized carbons (Fsp3) is 0.571. The lowest BCUT2D eigenvalue weighted by molar-refractivity contribution is 0.460. The van der Waals surface area contributed by atoms with Crippen LogP contribution in [0.1, 0.15) is 30.9 Å². The van der Waals surface area contributed by atoms with Gasteiger partial charge >= 0.3 is 0 Å². The highest BCUT2D eigenvalue weighted by molar-refractivity contribution is 8.00. The molecule has 1 saturated heterocycles. The van der Waals surface area contributed by atoms with Gasteiger partial charge in [-0.05, 0) is 38.5 Å². The quantitative estimate of drug-likeness (QED) is 0.862. The smallest absolute Gasteiger partial charge is 0.120 e. The van der Waals surface area contributed by atoms with Crippen molar-refractivity contribution in [2.24, 2.45) is 0 Å². The Morgan fingerprint density at radius 2 is 2.29 bits per heavy atom. The van der Waals surface area contributed by atoms with Crippen LogP contribution in [0.25, 0.3) is 0 Å². The lowest BCUT2D eigenvalue weighted by atomic mass is 10.1. The van der Waals surface area contributed by atoms with Crippen molar-refractivity contribution in [1.29, 1.82) is 0 Å². The van der Waals surface area contributed by atoms with Crippen LogP contribution in [0.5, 0.6) is 5.75 Å². The van der Waals surface area contributed by atoms with Crippen LogP contribution < -0.4 is 5.32 Å². The molecule has 1 atom stereocenters. The largest absolute Gasteiger partial charge is 0.508 e. The Morgan fingerprint density at radius 1 is 1.47 bits per heavy atom. The molecule has 2 nitrogen and oxygen atoms in total. The molecule has 0 bridgehead atoms. The minimum atomic E-state index is 0.388. The number of thioether (sulfide) groups is 1. The van der Waals surface area contributed by atoms with Gasteiger partial charge in [0.05, 0.1) is 0 Å². The molecule has 1 aromatic carbocycles. The number of rotatable bonds is 4. The molecule has 1 unspecified atom stereocenters. The molecule has 1 aliphatic rings. The predicted molar refractivity (Wildman–Crippen MR) is 74.6 cm³/mol. The van der Waals surface area contributed by atoms with Gasteiger partial charge in [0, 0.05) is 23.4 Å². The van der Waals surface area contributed by atoms with Crippen molar-refractivity contribution in [3.8, 4) is 5.75 Å². The Morgan fingerprint density at radius 3 is 3.00 bits per heavy atom. The van der Waals surface area contributed by atoms with E-state index in [0.717, 1.165) is 18.7 Å². The third-order valence-electron chi connectivity index (χ3n) is 3.35. The summed E-state index contributed by atoms with van der Waals surface area (Å²) in [7, 11) is 0. The van der Waals surface area contributed by atoms with E-state index >= 15 is 0 Å². The average Bonchev–Trinajstić information content (AvgIpc) is 2.71. The first-order valence-electron chi connectivity index (χ1n) is 6.22. The number of aromatic hydroxyl groups is 1. The number of hydrogen-bond donors (Lipinski definition) is 2. The van der Waals surface area contributed by atoms with E-state index in [1.165, 1.54) is 24.2 Å². The second-order valence-electron chi connectivity index (χ2n) is 5.14. The van der Waals surface area contributed by atoms with Gasteiger partial charge in [0.25, 0.3) is 0 Å². The first kappa shape index (κ1) is 12.8. The first-order chi connectivity index (χ1) is 8.09. The summed E-state index contributed by atoms with van der Waals surface area (Å²) in [6.45, 7) is 6.15. The predicted octanol–water partition coefficient (Wildman–Crippen LogP) is 3.08. The van der Waals surface area contributed by atoms with Crippen molar-refractivity contribution in [2.75, 3.05) is 12.3 Å². The number of phenolic OH excluding ortho intramolecular Hbond substituents is 1. The fourth-order valence-corrected chi connectivity index (χ4v) is 3.57. The summed E-state index contributed by atoms with van der Waals surface area (Å²) in [6.07, 6.45) is 2.63. The van der Waals surface area contributed by atoms with Gasteiger partial charge in [-0.15, -0.1) is 0 Å². The van der Waals surface area contributed by atoms with Crippen LogP contribution in [-0.4, -0.2) is 22.2 Å². The van der Waals surface area contributed by atoms with Gasteiger partial charge < -0.3 is 10.4 Å². The van der Waals surface area contributed by atoms with Crippen LogP contribution in [0.2, 0.25) is 0 Å². The molecule has 0 radical (unpaired) electrons. The summed E-state index contributed by atoms with van der Waals surface area (Å²) in [5.41, 5.74) is 2.19. The maximum atomic E-state index is 9.75. The third kappa shape index (κ3) is 3.39. The van der Waals surface area contributed by atoms with E-state index in [2.05, 4.69) is 30.9 Å². The molecule has 3 heteroatoms. The molecule has 0 aliphatic carbocycles. The summed E-state index contributed by atoms with van der Waals surface area (Å²) < 4.78 is 0.388. The van der Waals surface area contributed by atoms with Crippen LogP contribution in [0, 0.1) is 6.92 Å². The Kier molecular flexibility index (Phi) is 4.00. The number of phenols is 1. The summed E-state index contributed by atoms with van der Waals surface area (Å²) in [5, 5.41) is 13.2. The lowest BCUT2D eigenvalue weighted by Gasteiger charge is -2.23. The molecule has 1 aliphatic heterocycles. The van der Waals surface area contributed by atoms with Crippen molar-refractivity contribution in [3.63, 3.8) is 0 Å². The molecular weight excluding hydrogens is 230 g/mol. The van der Waals surface area contributed by atoms with Gasteiger partial charge in [0.15, 0.2) is 0 Å². The molecule has 1 fully saturated rings. The molecule has 0 aromatic heterocycles. The monoisotopic (exact) mass is 251 g/mol. The highest BCUT2D eigenvalue weighted by Gasteiger charge is 2.28. The normalized spacial score (nSPS) is 24.1. The van der Waals surface area contributed by atoms with Crippen LogP contribution in [-0.2, 0) is 6.54 Å². The van der Waals surface area contributed by atoms with Crippen LogP contribution >= 0.6 is 11.8 Å². The molecule has 17 heavy (non-hydrogen) atoms. The van der Waals surface area contributed by atoms with Crippen LogP contribution in [0.4, 0.5) is 0 Å². The van der Waals surface area contributed by atoms with Gasteiger partial charge in [-0.25, -0.2) is 0 Å². The summed E-state index contributed by atoms with van der Waals surface area (Å²) in [5.74, 6) is 1.68. The third-order valence-corrected chi connectivity index (χ3v) is 4.89. The zero-order chi connectivity index (χ0) is 12.3. The Labute approximate surface area is 108 Å². The Bertz CT molecular complexity index is 386. The van der Waals surface area contributed by atoms with E-state index in [-0.39, 0.29) is 0 Å². The van der Waals surface area contributed by atoms with Crippen LogP contribution in [0.3, 0.4) is 0 Å². The molecular formula is C14H21NOS. The molecule has 0 saturated carbocycles. The summed E-state index contributed by atoms with van der Waals surface area (Å²) >= 11 is 2.06. The van der Waals surface area contributed by atoms with Crippen molar-refractivity contribution in [2.45, 2.75) is 38.0 Å². The zero-order valence-corrected chi connectivity index (χ0v) is 11.4. The second kappa shape index (κ2) is 5.32. The van der Waals surface area contributed by atoms with Crippen molar-refractivity contribution in [3.05, 3.63) is 29.3 Å². The molecule has 0 amide bonds. The molecule has 2 rings (SSSR count). The fourth-order valence-electron chi connectivity index (χ4n) is 2.29. The molecule has 1 aromatic rings. The van der Waals surface area contributed by atoms with Gasteiger partial charge in [0.1, 0.15) is 5.75 Å². The summed E-state index contributed by atoms with van der Waals surface area (Å²) in [6, 6.07) is 5.76. The van der Waals surface area contributed by atoms with E-state index in [9.17, 15) is 5.11 Å². The number of aryl methyl sites for hydroxylation is 1. The number of nitrogens with one attached hydrogen (secondary N) is 1. The van der Waals surface area contributed by atoms with Gasteiger partial charge in [0.2, 0.25) is 0 Å². The Balaban J connectivity index is 1.87. The van der Waals surface area contributed by atoms with Crippen molar-refractivity contribution in [1.82, 2.24) is 5.32 Å². The SMILES string of the molecule is Cc1ccc(O)c(CNCC2(C)CCCS2)c1. The second-order valence-corrected chi connectivity index (χ2v) is 6.82. The van der Waals surface area contributed by atoms with E-state index in [1.54, 1.807) is 6.07 Å². The summed E-state index contributed by atoms with van der Waals surface area (Å²) in [4.78, 5) is 0. The molecule has 0 spiro atoms. The van der Waals surface area contributed by atoms with E-state index in [4.69, 9.17) is 0 Å². The lowest BCUT2D eigenvalue weighted by Crippen LogP contribution is -2.32. The minimum absolute atomic E-state index is 0.388. The Hall–Kier alpha value is -0.670.